The molecule has 0 fully saturated rings. The van der Waals surface area contributed by atoms with E-state index in [2.05, 4.69) is 25.1 Å². The van der Waals surface area contributed by atoms with Crippen molar-refractivity contribution < 1.29 is 4.79 Å². The Morgan fingerprint density at radius 3 is 2.41 bits per heavy atom. The topological polar surface area (TPSA) is 70.1 Å². The Bertz CT molecular complexity index is 1590. The lowest BCUT2D eigenvalue weighted by Gasteiger charge is -2.40. The van der Waals surface area contributed by atoms with Crippen molar-refractivity contribution in [3.05, 3.63) is 115 Å². The number of nitriles is 1. The second-order valence-corrected chi connectivity index (χ2v) is 12.1. The van der Waals surface area contributed by atoms with Gasteiger partial charge < -0.3 is 5.73 Å². The standard InChI is InChI=1S/C31H26Cl3N3OS/c1-17-12-18(2)23(13-19(17)16-39-22-9-6-20(32)7-10-22)29-24(15-35)31(36)37(26-11-8-21(33)14-25(26)34)27-4-3-5-28(38)30(27)29/h6-14,29H,3-5,16,36H2,1-2H3. The fourth-order valence-corrected chi connectivity index (χ4v) is 6.99. The highest BCUT2D eigenvalue weighted by molar-refractivity contribution is 7.98. The van der Waals surface area contributed by atoms with Crippen LogP contribution in [0.4, 0.5) is 5.69 Å². The van der Waals surface area contributed by atoms with Crippen LogP contribution >= 0.6 is 46.6 Å². The Balaban J connectivity index is 1.63. The number of carbonyl (C=O) groups is 1. The van der Waals surface area contributed by atoms with Gasteiger partial charge in [0.15, 0.2) is 5.78 Å². The molecule has 8 heteroatoms. The Hall–Kier alpha value is -2.88. The van der Waals surface area contributed by atoms with Crippen LogP contribution in [0, 0.1) is 25.2 Å². The molecule has 3 aromatic carbocycles. The summed E-state index contributed by atoms with van der Waals surface area (Å²) >= 11 is 20.5. The number of aryl methyl sites for hydroxylation is 2. The van der Waals surface area contributed by atoms with E-state index in [0.29, 0.717) is 51.2 Å². The fraction of sp³-hybridized carbons (Fsp3) is 0.226. The van der Waals surface area contributed by atoms with Crippen LogP contribution in [0.5, 0.6) is 0 Å². The van der Waals surface area contributed by atoms with Gasteiger partial charge in [-0.25, -0.2) is 0 Å². The summed E-state index contributed by atoms with van der Waals surface area (Å²) in [6.07, 6.45) is 1.79. The minimum absolute atomic E-state index is 0.0358. The summed E-state index contributed by atoms with van der Waals surface area (Å²) in [6.45, 7) is 4.12. The first-order valence-electron chi connectivity index (χ1n) is 12.6. The van der Waals surface area contributed by atoms with Crippen LogP contribution in [0.1, 0.15) is 47.4 Å². The van der Waals surface area contributed by atoms with Crippen molar-refractivity contribution in [2.24, 2.45) is 5.73 Å². The fourth-order valence-electron chi connectivity index (χ4n) is 5.41. The lowest BCUT2D eigenvalue weighted by atomic mass is 9.74. The SMILES string of the molecule is Cc1cc(C)c(C2C(C#N)=C(N)N(c3ccc(Cl)cc3Cl)C3=C2C(=O)CCC3)cc1CSc1ccc(Cl)cc1. The van der Waals surface area contributed by atoms with Gasteiger partial charge in [-0.3, -0.25) is 9.69 Å². The molecule has 1 heterocycles. The molecule has 4 nitrogen and oxygen atoms in total. The van der Waals surface area contributed by atoms with Crippen LogP contribution in [0.3, 0.4) is 0 Å². The number of thioether (sulfide) groups is 1. The maximum Gasteiger partial charge on any atom is 0.161 e. The number of carbonyl (C=O) groups excluding carboxylic acids is 1. The van der Waals surface area contributed by atoms with E-state index in [1.165, 1.54) is 0 Å². The average molecular weight is 595 g/mol. The van der Waals surface area contributed by atoms with Crippen molar-refractivity contribution in [1.82, 2.24) is 0 Å². The van der Waals surface area contributed by atoms with Gasteiger partial charge in [-0.2, -0.15) is 5.26 Å². The van der Waals surface area contributed by atoms with E-state index in [4.69, 9.17) is 40.5 Å². The van der Waals surface area contributed by atoms with Crippen molar-refractivity contribution in [2.45, 2.75) is 49.7 Å². The van der Waals surface area contributed by atoms with Gasteiger partial charge in [0, 0.05) is 38.4 Å². The zero-order chi connectivity index (χ0) is 27.8. The highest BCUT2D eigenvalue weighted by Crippen LogP contribution is 2.48. The summed E-state index contributed by atoms with van der Waals surface area (Å²) in [6, 6.07) is 19.5. The first-order chi connectivity index (χ1) is 18.7. The summed E-state index contributed by atoms with van der Waals surface area (Å²) in [7, 11) is 0. The number of anilines is 1. The molecule has 0 radical (unpaired) electrons. The number of Topliss-reactive ketones (excluding diaryl/α,β-unsaturated/α-hetero) is 1. The molecule has 2 aliphatic rings. The van der Waals surface area contributed by atoms with Crippen molar-refractivity contribution in [1.29, 1.82) is 5.26 Å². The molecule has 1 unspecified atom stereocenters. The van der Waals surface area contributed by atoms with E-state index in [0.717, 1.165) is 38.6 Å². The maximum atomic E-state index is 13.6. The van der Waals surface area contributed by atoms with E-state index in [-0.39, 0.29) is 11.6 Å². The summed E-state index contributed by atoms with van der Waals surface area (Å²) in [5.74, 6) is 0.520. The molecule has 0 amide bonds. The van der Waals surface area contributed by atoms with E-state index in [1.54, 1.807) is 34.9 Å². The van der Waals surface area contributed by atoms with E-state index in [9.17, 15) is 10.1 Å². The predicted octanol–water partition coefficient (Wildman–Crippen LogP) is 8.86. The Morgan fingerprint density at radius 2 is 1.72 bits per heavy atom. The average Bonchev–Trinajstić information content (AvgIpc) is 2.90. The van der Waals surface area contributed by atoms with Gasteiger partial charge in [-0.1, -0.05) is 46.9 Å². The van der Waals surface area contributed by atoms with Crippen molar-refractivity contribution >= 4 is 58.0 Å². The quantitative estimate of drug-likeness (QED) is 0.299. The molecule has 1 aliphatic heterocycles. The highest BCUT2D eigenvalue weighted by atomic mass is 35.5. The van der Waals surface area contributed by atoms with Crippen LogP contribution in [-0.4, -0.2) is 5.78 Å². The number of halogens is 3. The first kappa shape index (κ1) is 27.7. The summed E-state index contributed by atoms with van der Waals surface area (Å²) in [4.78, 5) is 16.5. The molecule has 0 saturated heterocycles. The van der Waals surface area contributed by atoms with E-state index in [1.807, 2.05) is 31.2 Å². The van der Waals surface area contributed by atoms with Gasteiger partial charge in [0.25, 0.3) is 0 Å². The Labute approximate surface area is 248 Å². The molecule has 1 atom stereocenters. The molecule has 2 N–H and O–H groups in total. The number of nitrogens with zero attached hydrogens (tertiary/aromatic N) is 2. The number of nitrogens with two attached hydrogens (primary N) is 1. The number of allylic oxidation sites excluding steroid dienone is 3. The molecule has 39 heavy (non-hydrogen) atoms. The molecular formula is C31H26Cl3N3OS. The zero-order valence-corrected chi connectivity index (χ0v) is 24.6. The van der Waals surface area contributed by atoms with Gasteiger partial charge in [0.2, 0.25) is 0 Å². The van der Waals surface area contributed by atoms with Crippen LogP contribution in [0.15, 0.2) is 82.2 Å². The van der Waals surface area contributed by atoms with Crippen molar-refractivity contribution in [2.75, 3.05) is 4.90 Å². The zero-order valence-electron chi connectivity index (χ0n) is 21.5. The molecule has 1 aliphatic carbocycles. The normalized spacial score (nSPS) is 17.4. The Kier molecular flexibility index (Phi) is 8.03. The van der Waals surface area contributed by atoms with E-state index < -0.39 is 5.92 Å². The number of hydrogen-bond donors (Lipinski definition) is 1. The molecular weight excluding hydrogens is 569 g/mol. The van der Waals surface area contributed by atoms with E-state index >= 15 is 0 Å². The summed E-state index contributed by atoms with van der Waals surface area (Å²) < 4.78 is 0. The second kappa shape index (κ2) is 11.3. The smallest absolute Gasteiger partial charge is 0.161 e. The lowest BCUT2D eigenvalue weighted by Crippen LogP contribution is -2.39. The molecule has 0 aromatic heterocycles. The van der Waals surface area contributed by atoms with Crippen molar-refractivity contribution in [3.8, 4) is 6.07 Å². The van der Waals surface area contributed by atoms with Gasteiger partial charge in [-0.15, -0.1) is 11.8 Å². The van der Waals surface area contributed by atoms with Crippen molar-refractivity contribution in [3.63, 3.8) is 0 Å². The third-order valence-electron chi connectivity index (χ3n) is 7.31. The number of hydrogen-bond acceptors (Lipinski definition) is 5. The van der Waals surface area contributed by atoms with Crippen LogP contribution in [-0.2, 0) is 10.5 Å². The number of ketones is 1. The molecule has 0 bridgehead atoms. The number of benzene rings is 3. The van der Waals surface area contributed by atoms with Crippen LogP contribution < -0.4 is 10.6 Å². The molecule has 0 saturated carbocycles. The Morgan fingerprint density at radius 1 is 1.00 bits per heavy atom. The molecule has 5 rings (SSSR count). The summed E-state index contributed by atoms with van der Waals surface area (Å²) in [5, 5.41) is 12.0. The molecule has 198 valence electrons. The largest absolute Gasteiger partial charge is 0.384 e. The van der Waals surface area contributed by atoms with Gasteiger partial charge in [0.1, 0.15) is 5.82 Å². The van der Waals surface area contributed by atoms with Gasteiger partial charge >= 0.3 is 0 Å². The van der Waals surface area contributed by atoms with Gasteiger partial charge in [-0.05, 0) is 91.4 Å². The third kappa shape index (κ3) is 5.32. The maximum absolute atomic E-state index is 13.6. The van der Waals surface area contributed by atoms with Gasteiger partial charge in [0.05, 0.1) is 28.3 Å². The minimum Gasteiger partial charge on any atom is -0.384 e. The molecule has 0 spiro atoms. The van der Waals surface area contributed by atoms with Crippen LogP contribution in [0.25, 0.3) is 0 Å². The number of rotatable bonds is 5. The monoisotopic (exact) mass is 593 g/mol. The predicted molar refractivity (Wildman–Crippen MR) is 161 cm³/mol. The molecule has 3 aromatic rings. The minimum atomic E-state index is -0.542. The highest BCUT2D eigenvalue weighted by Gasteiger charge is 2.41. The second-order valence-electron chi connectivity index (χ2n) is 9.79. The first-order valence-corrected chi connectivity index (χ1v) is 14.7. The third-order valence-corrected chi connectivity index (χ3v) is 9.16. The van der Waals surface area contributed by atoms with Crippen LogP contribution in [0.2, 0.25) is 15.1 Å². The lowest BCUT2D eigenvalue weighted by molar-refractivity contribution is -0.116. The summed E-state index contributed by atoms with van der Waals surface area (Å²) in [5.41, 5.74) is 13.4.